The van der Waals surface area contributed by atoms with Gasteiger partial charge in [0.05, 0.1) is 20.3 Å². The molecule has 2 rings (SSSR count). The Bertz CT molecular complexity index is 420. The van der Waals surface area contributed by atoms with Gasteiger partial charge in [-0.1, -0.05) is 6.07 Å². The molecule has 0 atom stereocenters. The van der Waals surface area contributed by atoms with E-state index in [0.717, 1.165) is 39.3 Å². The van der Waals surface area contributed by atoms with Gasteiger partial charge in [-0.2, -0.15) is 0 Å². The van der Waals surface area contributed by atoms with Crippen molar-refractivity contribution in [3.05, 3.63) is 29.3 Å². The molecule has 1 fully saturated rings. The fraction of sp³-hybridized carbons (Fsp3) is 0.571. The minimum atomic E-state index is -0.656. The lowest BCUT2D eigenvalue weighted by molar-refractivity contribution is 0.0374. The summed E-state index contributed by atoms with van der Waals surface area (Å²) < 4.78 is 37.2. The van der Waals surface area contributed by atoms with Gasteiger partial charge in [0, 0.05) is 13.1 Å². The Morgan fingerprint density at radius 1 is 1.26 bits per heavy atom. The van der Waals surface area contributed by atoms with Gasteiger partial charge >= 0.3 is 0 Å². The van der Waals surface area contributed by atoms with Crippen LogP contribution < -0.4 is 4.74 Å². The number of rotatable bonds is 5. The highest BCUT2D eigenvalue weighted by Gasteiger charge is 2.15. The quantitative estimate of drug-likeness (QED) is 0.820. The molecule has 1 aliphatic rings. The lowest BCUT2D eigenvalue weighted by Gasteiger charge is -2.26. The number of hydrogen-bond acceptors (Lipinski definition) is 3. The van der Waals surface area contributed by atoms with Crippen LogP contribution in [0.5, 0.6) is 5.75 Å². The monoisotopic (exact) mass is 271 g/mol. The number of aryl methyl sites for hydroxylation is 1. The highest BCUT2D eigenvalue weighted by molar-refractivity contribution is 5.32. The summed E-state index contributed by atoms with van der Waals surface area (Å²) in [4.78, 5) is 2.29. The average Bonchev–Trinajstić information content (AvgIpc) is 2.43. The normalized spacial score (nSPS) is 16.6. The molecule has 19 heavy (non-hydrogen) atoms. The van der Waals surface area contributed by atoms with Crippen molar-refractivity contribution in [2.45, 2.75) is 12.8 Å². The molecule has 5 heteroatoms. The summed E-state index contributed by atoms with van der Waals surface area (Å²) >= 11 is 0. The van der Waals surface area contributed by atoms with Crippen molar-refractivity contribution in [3.8, 4) is 5.75 Å². The van der Waals surface area contributed by atoms with Crippen LogP contribution in [0.3, 0.4) is 0 Å². The molecule has 1 aromatic rings. The fourth-order valence-electron chi connectivity index (χ4n) is 2.27. The SMILES string of the molecule is COc1c(F)ccc(CCCN2CCOCC2)c1F. The van der Waals surface area contributed by atoms with Crippen molar-refractivity contribution >= 4 is 0 Å². The predicted molar refractivity (Wildman–Crippen MR) is 68.5 cm³/mol. The third kappa shape index (κ3) is 3.64. The summed E-state index contributed by atoms with van der Waals surface area (Å²) in [5.41, 5.74) is 0.506. The number of ether oxygens (including phenoxy) is 2. The molecule has 1 aliphatic heterocycles. The van der Waals surface area contributed by atoms with Crippen molar-refractivity contribution in [1.82, 2.24) is 4.90 Å². The Kier molecular flexibility index (Phi) is 5.10. The number of nitrogens with zero attached hydrogens (tertiary/aromatic N) is 1. The Morgan fingerprint density at radius 3 is 2.68 bits per heavy atom. The third-order valence-corrected chi connectivity index (χ3v) is 3.36. The summed E-state index contributed by atoms with van der Waals surface area (Å²) in [7, 11) is 1.28. The van der Waals surface area contributed by atoms with Crippen LogP contribution in [0.1, 0.15) is 12.0 Å². The van der Waals surface area contributed by atoms with Crippen LogP contribution in [-0.2, 0) is 11.2 Å². The summed E-state index contributed by atoms with van der Waals surface area (Å²) in [5.74, 6) is -1.52. The van der Waals surface area contributed by atoms with Gasteiger partial charge in [-0.15, -0.1) is 0 Å². The van der Waals surface area contributed by atoms with Gasteiger partial charge in [0.15, 0.2) is 17.4 Å². The number of morpholine rings is 1. The van der Waals surface area contributed by atoms with E-state index in [1.165, 1.54) is 19.2 Å². The molecule has 0 spiro atoms. The number of benzene rings is 1. The average molecular weight is 271 g/mol. The van der Waals surface area contributed by atoms with E-state index < -0.39 is 11.6 Å². The van der Waals surface area contributed by atoms with E-state index >= 15 is 0 Å². The fourth-order valence-corrected chi connectivity index (χ4v) is 2.27. The molecule has 0 unspecified atom stereocenters. The van der Waals surface area contributed by atoms with Gasteiger partial charge in [-0.05, 0) is 31.0 Å². The third-order valence-electron chi connectivity index (χ3n) is 3.36. The highest BCUT2D eigenvalue weighted by atomic mass is 19.1. The summed E-state index contributed by atoms with van der Waals surface area (Å²) in [6.07, 6.45) is 1.42. The Hall–Kier alpha value is -1.20. The van der Waals surface area contributed by atoms with Crippen molar-refractivity contribution in [2.75, 3.05) is 40.0 Å². The van der Waals surface area contributed by atoms with E-state index in [0.29, 0.717) is 12.0 Å². The van der Waals surface area contributed by atoms with Gasteiger partial charge in [0.2, 0.25) is 0 Å². The molecule has 106 valence electrons. The summed E-state index contributed by atoms with van der Waals surface area (Å²) in [6, 6.07) is 2.75. The molecule has 3 nitrogen and oxygen atoms in total. The minimum Gasteiger partial charge on any atom is -0.491 e. The molecule has 1 saturated heterocycles. The van der Waals surface area contributed by atoms with Crippen LogP contribution >= 0.6 is 0 Å². The number of halogens is 2. The molecule has 1 heterocycles. The second kappa shape index (κ2) is 6.82. The number of hydrogen-bond donors (Lipinski definition) is 0. The van der Waals surface area contributed by atoms with Crippen molar-refractivity contribution < 1.29 is 18.3 Å². The molecular weight excluding hydrogens is 252 g/mol. The van der Waals surface area contributed by atoms with Gasteiger partial charge < -0.3 is 9.47 Å². The van der Waals surface area contributed by atoms with E-state index in [1.54, 1.807) is 0 Å². The molecule has 1 aromatic carbocycles. The van der Waals surface area contributed by atoms with E-state index in [4.69, 9.17) is 9.47 Å². The molecule has 0 saturated carbocycles. The molecule has 0 aliphatic carbocycles. The zero-order valence-corrected chi connectivity index (χ0v) is 11.1. The first-order valence-corrected chi connectivity index (χ1v) is 6.53. The first-order chi connectivity index (χ1) is 9.22. The second-order valence-corrected chi connectivity index (χ2v) is 4.61. The summed E-state index contributed by atoms with van der Waals surface area (Å²) in [6.45, 7) is 4.28. The maximum atomic E-state index is 13.9. The van der Waals surface area contributed by atoms with Crippen molar-refractivity contribution in [2.24, 2.45) is 0 Å². The molecule has 0 N–H and O–H groups in total. The predicted octanol–water partition coefficient (Wildman–Crippen LogP) is 2.24. The topological polar surface area (TPSA) is 21.7 Å². The largest absolute Gasteiger partial charge is 0.491 e. The maximum absolute atomic E-state index is 13.9. The Morgan fingerprint density at radius 2 is 2.00 bits per heavy atom. The number of methoxy groups -OCH3 is 1. The van der Waals surface area contributed by atoms with Crippen LogP contribution in [0.2, 0.25) is 0 Å². The Balaban J connectivity index is 1.88. The van der Waals surface area contributed by atoms with E-state index in [-0.39, 0.29) is 5.75 Å². The lowest BCUT2D eigenvalue weighted by Crippen LogP contribution is -2.36. The van der Waals surface area contributed by atoms with Crippen LogP contribution in [0.15, 0.2) is 12.1 Å². The molecule has 0 aromatic heterocycles. The molecular formula is C14H19F2NO2. The molecule has 0 bridgehead atoms. The highest BCUT2D eigenvalue weighted by Crippen LogP contribution is 2.25. The van der Waals surface area contributed by atoms with Gasteiger partial charge in [-0.25, -0.2) is 8.78 Å². The van der Waals surface area contributed by atoms with Gasteiger partial charge in [0.25, 0.3) is 0 Å². The van der Waals surface area contributed by atoms with Crippen LogP contribution in [0.4, 0.5) is 8.78 Å². The van der Waals surface area contributed by atoms with E-state index in [1.807, 2.05) is 0 Å². The first kappa shape index (κ1) is 14.2. The lowest BCUT2D eigenvalue weighted by atomic mass is 10.1. The van der Waals surface area contributed by atoms with Crippen LogP contribution in [0.25, 0.3) is 0 Å². The summed E-state index contributed by atoms with van der Waals surface area (Å²) in [5, 5.41) is 0. The van der Waals surface area contributed by atoms with Gasteiger partial charge in [0.1, 0.15) is 0 Å². The van der Waals surface area contributed by atoms with Crippen molar-refractivity contribution in [3.63, 3.8) is 0 Å². The second-order valence-electron chi connectivity index (χ2n) is 4.61. The zero-order chi connectivity index (χ0) is 13.7. The molecule has 0 radical (unpaired) electrons. The first-order valence-electron chi connectivity index (χ1n) is 6.53. The standard InChI is InChI=1S/C14H19F2NO2/c1-18-14-12(15)5-4-11(13(14)16)3-2-6-17-7-9-19-10-8-17/h4-5H,2-3,6-10H2,1H3. The Labute approximate surface area is 112 Å². The van der Waals surface area contributed by atoms with Crippen LogP contribution in [0, 0.1) is 11.6 Å². The van der Waals surface area contributed by atoms with Crippen molar-refractivity contribution in [1.29, 1.82) is 0 Å². The van der Waals surface area contributed by atoms with Crippen LogP contribution in [-0.4, -0.2) is 44.9 Å². The zero-order valence-electron chi connectivity index (χ0n) is 11.1. The molecule has 0 amide bonds. The van der Waals surface area contributed by atoms with Gasteiger partial charge in [-0.3, -0.25) is 4.90 Å². The van der Waals surface area contributed by atoms with E-state index in [2.05, 4.69) is 4.90 Å². The minimum absolute atomic E-state index is 0.288. The smallest absolute Gasteiger partial charge is 0.190 e. The maximum Gasteiger partial charge on any atom is 0.190 e. The van der Waals surface area contributed by atoms with E-state index in [9.17, 15) is 8.78 Å².